The molecule has 0 aromatic heterocycles. The van der Waals surface area contributed by atoms with Gasteiger partial charge in [0, 0.05) is 38.4 Å². The summed E-state index contributed by atoms with van der Waals surface area (Å²) < 4.78 is 17.5. The Labute approximate surface area is 176 Å². The van der Waals surface area contributed by atoms with Crippen molar-refractivity contribution in [1.82, 2.24) is 9.80 Å². The zero-order valence-corrected chi connectivity index (χ0v) is 18.8. The lowest BCUT2D eigenvalue weighted by Gasteiger charge is -2.46. The SMILES string of the molecule is COc1ccc(C2N([C@@H]3CCOC(C)(C)C3)CCN2[C@@H]2CCOC(C)(C)C2)cc1. The van der Waals surface area contributed by atoms with Crippen LogP contribution in [0.2, 0.25) is 0 Å². The van der Waals surface area contributed by atoms with Crippen LogP contribution < -0.4 is 4.74 Å². The molecule has 1 aromatic carbocycles. The molecule has 3 heterocycles. The molecule has 0 radical (unpaired) electrons. The molecule has 5 heteroatoms. The van der Waals surface area contributed by atoms with E-state index < -0.39 is 0 Å². The maximum Gasteiger partial charge on any atom is 0.118 e. The van der Waals surface area contributed by atoms with E-state index in [0.29, 0.717) is 18.2 Å². The second-order valence-corrected chi connectivity index (χ2v) is 10.1. The predicted octanol–water partition coefficient (Wildman–Crippen LogP) is 4.23. The number of hydrogen-bond donors (Lipinski definition) is 0. The molecule has 4 rings (SSSR count). The van der Waals surface area contributed by atoms with Gasteiger partial charge < -0.3 is 14.2 Å². The Kier molecular flexibility index (Phi) is 5.95. The van der Waals surface area contributed by atoms with Crippen molar-refractivity contribution in [3.05, 3.63) is 29.8 Å². The summed E-state index contributed by atoms with van der Waals surface area (Å²) in [4.78, 5) is 5.49. The third-order valence-corrected chi connectivity index (χ3v) is 6.94. The van der Waals surface area contributed by atoms with Crippen molar-refractivity contribution in [3.8, 4) is 5.75 Å². The summed E-state index contributed by atoms with van der Waals surface area (Å²) in [6.07, 6.45) is 4.73. The largest absolute Gasteiger partial charge is 0.497 e. The van der Waals surface area contributed by atoms with Crippen LogP contribution in [0.4, 0.5) is 0 Å². The molecule has 162 valence electrons. The Morgan fingerprint density at radius 1 is 0.828 bits per heavy atom. The van der Waals surface area contributed by atoms with Crippen molar-refractivity contribution in [1.29, 1.82) is 0 Å². The van der Waals surface area contributed by atoms with Crippen LogP contribution in [-0.4, -0.2) is 66.5 Å². The summed E-state index contributed by atoms with van der Waals surface area (Å²) in [7, 11) is 1.73. The average Bonchev–Trinajstić information content (AvgIpc) is 3.11. The van der Waals surface area contributed by atoms with E-state index in [9.17, 15) is 0 Å². The number of methoxy groups -OCH3 is 1. The van der Waals surface area contributed by atoms with E-state index in [4.69, 9.17) is 14.2 Å². The molecular formula is C24H38N2O3. The Hall–Kier alpha value is -1.14. The number of hydrogen-bond acceptors (Lipinski definition) is 5. The van der Waals surface area contributed by atoms with E-state index in [1.807, 2.05) is 0 Å². The van der Waals surface area contributed by atoms with Crippen molar-refractivity contribution in [2.45, 2.75) is 82.8 Å². The Morgan fingerprint density at radius 3 is 1.72 bits per heavy atom. The van der Waals surface area contributed by atoms with Crippen LogP contribution in [0, 0.1) is 0 Å². The van der Waals surface area contributed by atoms with Crippen molar-refractivity contribution in [2.75, 3.05) is 33.4 Å². The van der Waals surface area contributed by atoms with E-state index in [-0.39, 0.29) is 11.2 Å². The third-order valence-electron chi connectivity index (χ3n) is 6.94. The van der Waals surface area contributed by atoms with Gasteiger partial charge in [-0.3, -0.25) is 9.80 Å². The highest BCUT2D eigenvalue weighted by atomic mass is 16.5. The monoisotopic (exact) mass is 402 g/mol. The minimum Gasteiger partial charge on any atom is -0.497 e. The molecule has 0 bridgehead atoms. The molecule has 3 aliphatic heterocycles. The molecule has 0 amide bonds. The molecule has 3 aliphatic rings. The van der Waals surface area contributed by atoms with Crippen molar-refractivity contribution < 1.29 is 14.2 Å². The molecule has 0 saturated carbocycles. The standard InChI is InChI=1S/C24H38N2O3/c1-23(2)16-19(10-14-28-23)25-12-13-26(20-11-15-29-24(3,4)17-20)22(25)18-6-8-21(27-5)9-7-18/h6-9,19-20,22H,10-17H2,1-5H3/t19-,20-/m1/s1. The molecule has 29 heavy (non-hydrogen) atoms. The number of nitrogens with zero attached hydrogens (tertiary/aromatic N) is 2. The molecule has 0 aliphatic carbocycles. The Balaban J connectivity index is 1.62. The fourth-order valence-corrected chi connectivity index (χ4v) is 5.56. The third kappa shape index (κ3) is 4.63. The molecule has 0 spiro atoms. The van der Waals surface area contributed by atoms with Gasteiger partial charge in [0.15, 0.2) is 0 Å². The van der Waals surface area contributed by atoms with Gasteiger partial charge in [0.05, 0.1) is 24.5 Å². The van der Waals surface area contributed by atoms with Gasteiger partial charge in [-0.15, -0.1) is 0 Å². The average molecular weight is 403 g/mol. The Bertz CT molecular complexity index is 652. The van der Waals surface area contributed by atoms with Crippen LogP contribution >= 0.6 is 0 Å². The highest BCUT2D eigenvalue weighted by molar-refractivity contribution is 5.30. The van der Waals surface area contributed by atoms with Crippen LogP contribution in [0.5, 0.6) is 5.75 Å². The first kappa shape index (κ1) is 21.1. The number of rotatable bonds is 4. The van der Waals surface area contributed by atoms with Crippen LogP contribution in [0.25, 0.3) is 0 Å². The lowest BCUT2D eigenvalue weighted by molar-refractivity contribution is -0.105. The molecule has 3 fully saturated rings. The topological polar surface area (TPSA) is 34.2 Å². The lowest BCUT2D eigenvalue weighted by atomic mass is 9.91. The van der Waals surface area contributed by atoms with E-state index in [1.54, 1.807) is 7.11 Å². The van der Waals surface area contributed by atoms with Gasteiger partial charge in [0.25, 0.3) is 0 Å². The van der Waals surface area contributed by atoms with E-state index in [2.05, 4.69) is 61.8 Å². The van der Waals surface area contributed by atoms with Crippen LogP contribution in [0.3, 0.4) is 0 Å². The van der Waals surface area contributed by atoms with Gasteiger partial charge in [-0.2, -0.15) is 0 Å². The Morgan fingerprint density at radius 2 is 1.31 bits per heavy atom. The zero-order valence-electron chi connectivity index (χ0n) is 18.8. The maximum absolute atomic E-state index is 6.02. The molecule has 2 atom stereocenters. The normalized spacial score (nSPS) is 31.1. The second kappa shape index (κ2) is 8.18. The summed E-state index contributed by atoms with van der Waals surface area (Å²) >= 11 is 0. The van der Waals surface area contributed by atoms with Crippen LogP contribution in [-0.2, 0) is 9.47 Å². The first-order valence-corrected chi connectivity index (χ1v) is 11.2. The predicted molar refractivity (Wildman–Crippen MR) is 115 cm³/mol. The minimum atomic E-state index is -0.0402. The smallest absolute Gasteiger partial charge is 0.118 e. The van der Waals surface area contributed by atoms with Gasteiger partial charge in [-0.25, -0.2) is 0 Å². The molecular weight excluding hydrogens is 364 g/mol. The fourth-order valence-electron chi connectivity index (χ4n) is 5.56. The van der Waals surface area contributed by atoms with Gasteiger partial charge >= 0.3 is 0 Å². The van der Waals surface area contributed by atoms with Crippen LogP contribution in [0.1, 0.15) is 65.1 Å². The van der Waals surface area contributed by atoms with Gasteiger partial charge in [-0.1, -0.05) is 12.1 Å². The van der Waals surface area contributed by atoms with Crippen molar-refractivity contribution >= 4 is 0 Å². The fraction of sp³-hybridized carbons (Fsp3) is 0.750. The van der Waals surface area contributed by atoms with Crippen LogP contribution in [0.15, 0.2) is 24.3 Å². The zero-order chi connectivity index (χ0) is 20.6. The van der Waals surface area contributed by atoms with E-state index >= 15 is 0 Å². The van der Waals surface area contributed by atoms with E-state index in [1.165, 1.54) is 5.56 Å². The lowest BCUT2D eigenvalue weighted by Crippen LogP contribution is -2.49. The molecule has 0 unspecified atom stereocenters. The highest BCUT2D eigenvalue weighted by Gasteiger charge is 2.45. The van der Waals surface area contributed by atoms with Gasteiger partial charge in [0.2, 0.25) is 0 Å². The summed E-state index contributed by atoms with van der Waals surface area (Å²) in [5, 5.41) is 0. The maximum atomic E-state index is 6.02. The molecule has 5 nitrogen and oxygen atoms in total. The molecule has 0 N–H and O–H groups in total. The van der Waals surface area contributed by atoms with E-state index in [0.717, 1.165) is 57.7 Å². The number of ether oxygens (including phenoxy) is 3. The number of benzene rings is 1. The van der Waals surface area contributed by atoms with Crippen molar-refractivity contribution in [3.63, 3.8) is 0 Å². The van der Waals surface area contributed by atoms with Gasteiger partial charge in [0.1, 0.15) is 5.75 Å². The molecule has 3 saturated heterocycles. The van der Waals surface area contributed by atoms with Gasteiger partial charge in [-0.05, 0) is 71.1 Å². The summed E-state index contributed by atoms with van der Waals surface area (Å²) in [5.41, 5.74) is 1.29. The first-order valence-electron chi connectivity index (χ1n) is 11.2. The minimum absolute atomic E-state index is 0.0402. The first-order chi connectivity index (χ1) is 13.8. The summed E-state index contributed by atoms with van der Waals surface area (Å²) in [6.45, 7) is 12.9. The summed E-state index contributed by atoms with van der Waals surface area (Å²) in [6, 6.07) is 9.83. The molecule has 1 aromatic rings. The second-order valence-electron chi connectivity index (χ2n) is 10.1. The quantitative estimate of drug-likeness (QED) is 0.753. The summed E-state index contributed by atoms with van der Waals surface area (Å²) in [5.74, 6) is 0.921. The van der Waals surface area contributed by atoms with Crippen molar-refractivity contribution in [2.24, 2.45) is 0 Å². The highest BCUT2D eigenvalue weighted by Crippen LogP contribution is 2.41.